The van der Waals surface area contributed by atoms with Crippen LogP contribution in [0.1, 0.15) is 43.7 Å². The van der Waals surface area contributed by atoms with E-state index in [1.807, 2.05) is 67.6 Å². The lowest BCUT2D eigenvalue weighted by Gasteiger charge is -2.23. The Bertz CT molecular complexity index is 826. The van der Waals surface area contributed by atoms with Crippen LogP contribution < -0.4 is 5.43 Å². The van der Waals surface area contributed by atoms with Gasteiger partial charge in [-0.25, -0.2) is 5.43 Å². The molecular formula is C24H26N2O. The number of nitrogens with zero attached hydrogens (tertiary/aromatic N) is 1. The highest BCUT2D eigenvalue weighted by Gasteiger charge is 2.23. The molecule has 0 saturated carbocycles. The molecule has 2 aromatic carbocycles. The highest BCUT2D eigenvalue weighted by Crippen LogP contribution is 2.27. The molecule has 0 aromatic heterocycles. The lowest BCUT2D eigenvalue weighted by Crippen LogP contribution is -2.28. The first-order valence-corrected chi connectivity index (χ1v) is 9.35. The molecule has 1 aliphatic carbocycles. The van der Waals surface area contributed by atoms with Crippen LogP contribution >= 0.6 is 0 Å². The summed E-state index contributed by atoms with van der Waals surface area (Å²) in [6, 6.07) is 19.6. The first kappa shape index (κ1) is 18.8. The maximum absolute atomic E-state index is 13.1. The summed E-state index contributed by atoms with van der Waals surface area (Å²) in [7, 11) is 0. The summed E-state index contributed by atoms with van der Waals surface area (Å²) in [6.07, 6.45) is 3.99. The molecule has 27 heavy (non-hydrogen) atoms. The fourth-order valence-electron chi connectivity index (χ4n) is 3.40. The summed E-state index contributed by atoms with van der Waals surface area (Å²) in [4.78, 5) is 13.1. The molecule has 1 N–H and O–H groups in total. The van der Waals surface area contributed by atoms with Crippen molar-refractivity contribution >= 4 is 11.6 Å². The fraction of sp³-hybridized carbons (Fsp3) is 0.250. The summed E-state index contributed by atoms with van der Waals surface area (Å²) >= 11 is 0. The molecule has 0 unspecified atom stereocenters. The molecule has 0 fully saturated rings. The van der Waals surface area contributed by atoms with E-state index in [4.69, 9.17) is 0 Å². The second-order valence-electron chi connectivity index (χ2n) is 7.16. The van der Waals surface area contributed by atoms with Crippen LogP contribution in [0, 0.1) is 5.92 Å². The quantitative estimate of drug-likeness (QED) is 0.577. The van der Waals surface area contributed by atoms with Gasteiger partial charge in [0, 0.05) is 0 Å². The van der Waals surface area contributed by atoms with Crippen LogP contribution in [0.5, 0.6) is 0 Å². The van der Waals surface area contributed by atoms with E-state index in [0.717, 1.165) is 40.8 Å². The van der Waals surface area contributed by atoms with Gasteiger partial charge in [-0.15, -0.1) is 0 Å². The first-order chi connectivity index (χ1) is 13.1. The third kappa shape index (κ3) is 4.62. The molecule has 3 heteroatoms. The normalized spacial score (nSPS) is 18.3. The number of nitrogens with one attached hydrogen (secondary N) is 1. The number of carbonyl (C=O) groups is 1. The number of hydrogen-bond donors (Lipinski definition) is 1. The number of benzene rings is 2. The molecule has 1 amide bonds. The van der Waals surface area contributed by atoms with E-state index >= 15 is 0 Å². The summed E-state index contributed by atoms with van der Waals surface area (Å²) in [5, 5.41) is 4.48. The van der Waals surface area contributed by atoms with Gasteiger partial charge in [0.05, 0.1) is 11.6 Å². The van der Waals surface area contributed by atoms with Crippen LogP contribution in [-0.4, -0.2) is 11.6 Å². The summed E-state index contributed by atoms with van der Waals surface area (Å²) in [5.41, 5.74) is 7.95. The van der Waals surface area contributed by atoms with Gasteiger partial charge >= 0.3 is 0 Å². The second-order valence-corrected chi connectivity index (χ2v) is 7.16. The number of allylic oxidation sites excluding steroid dienone is 3. The molecule has 2 aromatic rings. The fourth-order valence-corrected chi connectivity index (χ4v) is 3.40. The van der Waals surface area contributed by atoms with Crippen LogP contribution in [0.15, 0.2) is 89.6 Å². The highest BCUT2D eigenvalue weighted by atomic mass is 16.2. The maximum atomic E-state index is 13.1. The molecule has 138 valence electrons. The van der Waals surface area contributed by atoms with E-state index < -0.39 is 0 Å². The molecule has 3 nitrogen and oxygen atoms in total. The molecule has 3 rings (SSSR count). The van der Waals surface area contributed by atoms with E-state index in [1.165, 1.54) is 0 Å². The van der Waals surface area contributed by atoms with Gasteiger partial charge in [-0.05, 0) is 49.3 Å². The van der Waals surface area contributed by atoms with Gasteiger partial charge in [0.15, 0.2) is 0 Å². The van der Waals surface area contributed by atoms with Gasteiger partial charge in [0.25, 0.3) is 5.91 Å². The Morgan fingerprint density at radius 2 is 1.63 bits per heavy atom. The number of hydrogen-bond acceptors (Lipinski definition) is 2. The smallest absolute Gasteiger partial charge is 0.252 e. The van der Waals surface area contributed by atoms with Crippen molar-refractivity contribution in [3.05, 3.63) is 95.6 Å². The zero-order valence-electron chi connectivity index (χ0n) is 16.0. The van der Waals surface area contributed by atoms with Crippen molar-refractivity contribution in [3.63, 3.8) is 0 Å². The summed E-state index contributed by atoms with van der Waals surface area (Å²) in [6.45, 7) is 8.17. The molecule has 0 spiro atoms. The molecule has 1 aliphatic rings. The number of carbonyl (C=O) groups excluding carboxylic acids is 1. The molecule has 0 radical (unpaired) electrons. The SMILES string of the molecule is C=C(C)[C@H]1CC=C(C)C(=NNC(=O)C(c2ccccc2)c2ccccc2)C1. The monoisotopic (exact) mass is 358 g/mol. The average Bonchev–Trinajstić information content (AvgIpc) is 2.69. The van der Waals surface area contributed by atoms with Crippen molar-refractivity contribution in [3.8, 4) is 0 Å². The van der Waals surface area contributed by atoms with E-state index in [2.05, 4.69) is 30.1 Å². The topological polar surface area (TPSA) is 41.5 Å². The van der Waals surface area contributed by atoms with Gasteiger partial charge < -0.3 is 0 Å². The van der Waals surface area contributed by atoms with Crippen molar-refractivity contribution in [2.24, 2.45) is 11.0 Å². The highest BCUT2D eigenvalue weighted by molar-refractivity contribution is 6.01. The third-order valence-corrected chi connectivity index (χ3v) is 5.13. The van der Waals surface area contributed by atoms with Crippen LogP contribution in [0.4, 0.5) is 0 Å². The van der Waals surface area contributed by atoms with Crippen molar-refractivity contribution in [2.75, 3.05) is 0 Å². The Kier molecular flexibility index (Phi) is 6.02. The molecular weight excluding hydrogens is 332 g/mol. The van der Waals surface area contributed by atoms with Crippen molar-refractivity contribution in [2.45, 2.75) is 32.6 Å². The average molecular weight is 358 g/mol. The summed E-state index contributed by atoms with van der Waals surface area (Å²) < 4.78 is 0. The van der Waals surface area contributed by atoms with Crippen molar-refractivity contribution in [1.82, 2.24) is 5.43 Å². The van der Waals surface area contributed by atoms with E-state index in [9.17, 15) is 4.79 Å². The van der Waals surface area contributed by atoms with Crippen LogP contribution in [0.2, 0.25) is 0 Å². The molecule has 0 aliphatic heterocycles. The van der Waals surface area contributed by atoms with Gasteiger partial charge in [-0.1, -0.05) is 78.9 Å². The van der Waals surface area contributed by atoms with E-state index in [1.54, 1.807) is 0 Å². The molecule has 1 atom stereocenters. The molecule has 0 bridgehead atoms. The Morgan fingerprint density at radius 3 is 2.15 bits per heavy atom. The minimum atomic E-state index is -0.387. The Balaban J connectivity index is 1.84. The predicted octanol–water partition coefficient (Wildman–Crippen LogP) is 5.22. The molecule has 0 saturated heterocycles. The van der Waals surface area contributed by atoms with E-state index in [-0.39, 0.29) is 11.8 Å². The third-order valence-electron chi connectivity index (χ3n) is 5.13. The van der Waals surface area contributed by atoms with E-state index in [0.29, 0.717) is 5.92 Å². The zero-order valence-corrected chi connectivity index (χ0v) is 16.0. The number of amides is 1. The van der Waals surface area contributed by atoms with Crippen molar-refractivity contribution in [1.29, 1.82) is 0 Å². The predicted molar refractivity (Wildman–Crippen MR) is 112 cm³/mol. The lowest BCUT2D eigenvalue weighted by molar-refractivity contribution is -0.121. The van der Waals surface area contributed by atoms with Gasteiger partial charge in [-0.2, -0.15) is 5.10 Å². The van der Waals surface area contributed by atoms with Crippen LogP contribution in [-0.2, 0) is 4.79 Å². The Hall–Kier alpha value is -2.94. The second kappa shape index (κ2) is 8.63. The number of rotatable bonds is 5. The lowest BCUT2D eigenvalue weighted by atomic mass is 9.85. The summed E-state index contributed by atoms with van der Waals surface area (Å²) in [5.74, 6) is -0.116. The minimum absolute atomic E-state index is 0.120. The first-order valence-electron chi connectivity index (χ1n) is 9.35. The number of hydrazone groups is 1. The van der Waals surface area contributed by atoms with Crippen LogP contribution in [0.25, 0.3) is 0 Å². The minimum Gasteiger partial charge on any atom is -0.272 e. The van der Waals surface area contributed by atoms with Gasteiger partial charge in [-0.3, -0.25) is 4.79 Å². The van der Waals surface area contributed by atoms with Crippen molar-refractivity contribution < 1.29 is 4.79 Å². The standard InChI is InChI=1S/C24H26N2O/c1-17(2)21-15-14-18(3)22(16-21)25-26-24(27)23(19-10-6-4-7-11-19)20-12-8-5-9-13-20/h4-14,21,23H,1,15-16H2,2-3H3,(H,26,27)/t21-/m0/s1. The van der Waals surface area contributed by atoms with Gasteiger partial charge in [0.1, 0.15) is 0 Å². The Labute approximate surface area is 161 Å². The largest absolute Gasteiger partial charge is 0.272 e. The Morgan fingerprint density at radius 1 is 1.07 bits per heavy atom. The zero-order chi connectivity index (χ0) is 19.2. The van der Waals surface area contributed by atoms with Gasteiger partial charge in [0.2, 0.25) is 0 Å². The molecule has 0 heterocycles. The maximum Gasteiger partial charge on any atom is 0.252 e. The van der Waals surface area contributed by atoms with Crippen LogP contribution in [0.3, 0.4) is 0 Å².